The van der Waals surface area contributed by atoms with Crippen LogP contribution in [0.25, 0.3) is 93.5 Å². The smallest absolute Gasteiger partial charge is 0.0541 e. The summed E-state index contributed by atoms with van der Waals surface area (Å²) in [6, 6.07) is 69.5. The molecular formula is C53H37N. The van der Waals surface area contributed by atoms with Crippen molar-refractivity contribution in [1.29, 1.82) is 0 Å². The molecular weight excluding hydrogens is 651 g/mol. The van der Waals surface area contributed by atoms with Crippen molar-refractivity contribution in [2.24, 2.45) is 0 Å². The Balaban J connectivity index is 1.09. The predicted molar refractivity (Wildman–Crippen MR) is 230 cm³/mol. The highest BCUT2D eigenvalue weighted by atomic mass is 15.0. The van der Waals surface area contributed by atoms with Crippen LogP contribution in [0.3, 0.4) is 0 Å². The van der Waals surface area contributed by atoms with Crippen molar-refractivity contribution in [3.8, 4) is 50.2 Å². The molecule has 1 nitrogen and oxygen atoms in total. The van der Waals surface area contributed by atoms with E-state index < -0.39 is 0 Å². The Morgan fingerprint density at radius 2 is 0.907 bits per heavy atom. The van der Waals surface area contributed by atoms with Crippen molar-refractivity contribution in [1.82, 2.24) is 4.57 Å². The molecule has 1 aliphatic carbocycles. The zero-order valence-electron chi connectivity index (χ0n) is 30.3. The Hall–Kier alpha value is -6.70. The number of benzene rings is 9. The Morgan fingerprint density at radius 3 is 1.69 bits per heavy atom. The van der Waals surface area contributed by atoms with Gasteiger partial charge in [0.15, 0.2) is 0 Å². The lowest BCUT2D eigenvalue weighted by atomic mass is 9.78. The highest BCUT2D eigenvalue weighted by Crippen LogP contribution is 2.55. The van der Waals surface area contributed by atoms with Gasteiger partial charge in [-0.2, -0.15) is 0 Å². The fourth-order valence-corrected chi connectivity index (χ4v) is 9.49. The Morgan fingerprint density at radius 1 is 0.352 bits per heavy atom. The van der Waals surface area contributed by atoms with Gasteiger partial charge in [-0.05, 0) is 120 Å². The van der Waals surface area contributed by atoms with Crippen molar-refractivity contribution in [2.45, 2.75) is 19.3 Å². The summed E-state index contributed by atoms with van der Waals surface area (Å²) < 4.78 is 2.38. The zero-order chi connectivity index (χ0) is 36.0. The van der Waals surface area contributed by atoms with Gasteiger partial charge in [0, 0.05) is 21.9 Å². The summed E-state index contributed by atoms with van der Waals surface area (Å²) in [5.41, 5.74) is 16.4. The summed E-state index contributed by atoms with van der Waals surface area (Å²) in [5.74, 6) is 0. The van der Waals surface area contributed by atoms with Gasteiger partial charge in [0.25, 0.3) is 0 Å². The molecule has 0 radical (unpaired) electrons. The second-order valence-corrected chi connectivity index (χ2v) is 15.3. The van der Waals surface area contributed by atoms with Crippen LogP contribution in [0.4, 0.5) is 0 Å². The average Bonchev–Trinajstić information content (AvgIpc) is 3.69. The second kappa shape index (κ2) is 11.7. The van der Waals surface area contributed by atoms with Gasteiger partial charge in [0.1, 0.15) is 0 Å². The molecule has 1 heterocycles. The van der Waals surface area contributed by atoms with Crippen molar-refractivity contribution >= 4 is 43.4 Å². The van der Waals surface area contributed by atoms with Crippen LogP contribution in [0.1, 0.15) is 25.0 Å². The third-order valence-electron chi connectivity index (χ3n) is 12.0. The van der Waals surface area contributed by atoms with Crippen molar-refractivity contribution in [3.05, 3.63) is 199 Å². The lowest BCUT2D eigenvalue weighted by molar-refractivity contribution is 0.667. The predicted octanol–water partition coefficient (Wildman–Crippen LogP) is 14.4. The van der Waals surface area contributed by atoms with Crippen LogP contribution in [-0.2, 0) is 5.41 Å². The molecule has 10 aromatic rings. The van der Waals surface area contributed by atoms with Gasteiger partial charge in [0.2, 0.25) is 0 Å². The van der Waals surface area contributed by atoms with Crippen molar-refractivity contribution in [2.75, 3.05) is 0 Å². The van der Waals surface area contributed by atoms with E-state index in [4.69, 9.17) is 0 Å². The van der Waals surface area contributed by atoms with E-state index >= 15 is 0 Å². The van der Waals surface area contributed by atoms with Gasteiger partial charge in [-0.15, -0.1) is 0 Å². The fourth-order valence-electron chi connectivity index (χ4n) is 9.49. The van der Waals surface area contributed by atoms with Crippen molar-refractivity contribution in [3.63, 3.8) is 0 Å². The Labute approximate surface area is 315 Å². The molecule has 1 heteroatoms. The van der Waals surface area contributed by atoms with E-state index in [1.54, 1.807) is 0 Å². The van der Waals surface area contributed by atoms with E-state index in [9.17, 15) is 0 Å². The number of aromatic nitrogens is 1. The molecule has 0 bridgehead atoms. The summed E-state index contributed by atoms with van der Waals surface area (Å²) in [6.45, 7) is 4.82. The van der Waals surface area contributed by atoms with Crippen LogP contribution >= 0.6 is 0 Å². The van der Waals surface area contributed by atoms with Gasteiger partial charge in [0.05, 0.1) is 11.0 Å². The molecule has 0 spiro atoms. The molecule has 0 saturated heterocycles. The molecule has 11 rings (SSSR count). The van der Waals surface area contributed by atoms with Crippen LogP contribution in [0.15, 0.2) is 188 Å². The molecule has 254 valence electrons. The minimum Gasteiger partial charge on any atom is -0.309 e. The maximum Gasteiger partial charge on any atom is 0.0541 e. The van der Waals surface area contributed by atoms with E-state index in [0.717, 1.165) is 0 Å². The van der Waals surface area contributed by atoms with Crippen LogP contribution in [0, 0.1) is 0 Å². The van der Waals surface area contributed by atoms with Gasteiger partial charge in [-0.1, -0.05) is 159 Å². The first-order valence-corrected chi connectivity index (χ1v) is 18.9. The van der Waals surface area contributed by atoms with E-state index in [1.807, 2.05) is 0 Å². The number of fused-ring (bicyclic) bond motifs is 11. The van der Waals surface area contributed by atoms with E-state index in [1.165, 1.54) is 105 Å². The minimum atomic E-state index is -0.161. The fraction of sp³-hybridized carbons (Fsp3) is 0.0566. The monoisotopic (exact) mass is 687 g/mol. The molecule has 0 amide bonds. The summed E-state index contributed by atoms with van der Waals surface area (Å²) in [4.78, 5) is 0. The van der Waals surface area contributed by atoms with E-state index in [0.29, 0.717) is 0 Å². The maximum atomic E-state index is 2.48. The highest BCUT2D eigenvalue weighted by Gasteiger charge is 2.38. The number of para-hydroxylation sites is 2. The Bertz CT molecular complexity index is 3110. The molecule has 0 fully saturated rings. The van der Waals surface area contributed by atoms with Crippen LogP contribution in [0.2, 0.25) is 0 Å². The molecule has 0 unspecified atom stereocenters. The zero-order valence-corrected chi connectivity index (χ0v) is 30.3. The first-order chi connectivity index (χ1) is 26.6. The largest absolute Gasteiger partial charge is 0.309 e. The van der Waals surface area contributed by atoms with Crippen molar-refractivity contribution < 1.29 is 0 Å². The molecule has 0 N–H and O–H groups in total. The highest BCUT2D eigenvalue weighted by molar-refractivity contribution is 6.18. The summed E-state index contributed by atoms with van der Waals surface area (Å²) in [7, 11) is 0. The van der Waals surface area contributed by atoms with Crippen LogP contribution in [-0.4, -0.2) is 4.57 Å². The summed E-state index contributed by atoms with van der Waals surface area (Å²) in [6.07, 6.45) is 0. The summed E-state index contributed by atoms with van der Waals surface area (Å²) in [5, 5.41) is 7.87. The van der Waals surface area contributed by atoms with Gasteiger partial charge in [-0.25, -0.2) is 0 Å². The molecule has 0 atom stereocenters. The molecule has 0 aliphatic heterocycles. The average molecular weight is 688 g/mol. The topological polar surface area (TPSA) is 4.93 Å². The van der Waals surface area contributed by atoms with Gasteiger partial charge < -0.3 is 4.57 Å². The standard InChI is InChI=1S/C53H37N/c1-53(2)48-33-37(26-29-45(48)51-43-22-11-9-19-40(43)41-20-10-12-23-44(41)52(51)53)39-28-25-35(31-46(39)34-15-5-3-6-16-34)36-27-30-50-47(32-36)42-21-13-14-24-49(42)54(50)38-17-7-4-8-18-38/h3-33H,1-2H3. The lowest BCUT2D eigenvalue weighted by Gasteiger charge is -2.24. The molecule has 54 heavy (non-hydrogen) atoms. The van der Waals surface area contributed by atoms with E-state index in [2.05, 4.69) is 206 Å². The third-order valence-corrected chi connectivity index (χ3v) is 12.0. The van der Waals surface area contributed by atoms with Crippen LogP contribution < -0.4 is 0 Å². The quantitative estimate of drug-likeness (QED) is 0.162. The second-order valence-electron chi connectivity index (χ2n) is 15.3. The summed E-state index contributed by atoms with van der Waals surface area (Å²) >= 11 is 0. The molecule has 1 aliphatic rings. The SMILES string of the molecule is CC1(C)c2cc(-c3ccc(-c4ccc5c(c4)c4ccccc4n5-c4ccccc4)cc3-c3ccccc3)ccc2-c2c1c1ccccc1c1ccccc21. The first-order valence-electron chi connectivity index (χ1n) is 18.9. The Kier molecular flexibility index (Phi) is 6.66. The van der Waals surface area contributed by atoms with E-state index in [-0.39, 0.29) is 5.41 Å². The molecule has 1 aromatic heterocycles. The van der Waals surface area contributed by atoms with Gasteiger partial charge >= 0.3 is 0 Å². The molecule has 0 saturated carbocycles. The number of hydrogen-bond acceptors (Lipinski definition) is 0. The maximum absolute atomic E-state index is 2.48. The number of nitrogens with zero attached hydrogens (tertiary/aromatic N) is 1. The minimum absolute atomic E-state index is 0.161. The number of rotatable bonds is 4. The van der Waals surface area contributed by atoms with Gasteiger partial charge in [-0.3, -0.25) is 0 Å². The van der Waals surface area contributed by atoms with Crippen LogP contribution in [0.5, 0.6) is 0 Å². The first kappa shape index (κ1) is 30.9. The lowest BCUT2D eigenvalue weighted by Crippen LogP contribution is -2.15. The number of hydrogen-bond donors (Lipinski definition) is 0. The third kappa shape index (κ3) is 4.45. The molecule has 9 aromatic carbocycles. The normalized spacial score (nSPS) is 13.1.